The molecule has 0 radical (unpaired) electrons. The lowest BCUT2D eigenvalue weighted by Crippen LogP contribution is -2.22. The molecule has 0 aliphatic rings. The van der Waals surface area contributed by atoms with Gasteiger partial charge >= 0.3 is 0 Å². The SMILES string of the molecule is CN(C)S(=O)(=O)c1ccc(C(=O)C=Cc2ccccc2[N+](=O)[O-])cc1. The van der Waals surface area contributed by atoms with Crippen molar-refractivity contribution in [2.45, 2.75) is 4.90 Å². The van der Waals surface area contributed by atoms with E-state index in [1.807, 2.05) is 0 Å². The molecule has 0 fully saturated rings. The van der Waals surface area contributed by atoms with Gasteiger partial charge in [0.15, 0.2) is 5.78 Å². The third kappa shape index (κ3) is 4.17. The molecule has 2 rings (SSSR count). The average Bonchev–Trinajstić information content (AvgIpc) is 2.59. The average molecular weight is 360 g/mol. The van der Waals surface area contributed by atoms with E-state index in [4.69, 9.17) is 0 Å². The molecule has 0 bridgehead atoms. The summed E-state index contributed by atoms with van der Waals surface area (Å²) in [5.74, 6) is -0.382. The quantitative estimate of drug-likeness (QED) is 0.341. The van der Waals surface area contributed by atoms with E-state index >= 15 is 0 Å². The number of nitrogens with zero attached hydrogens (tertiary/aromatic N) is 2. The Balaban J connectivity index is 2.24. The normalized spacial score (nSPS) is 11.8. The lowest BCUT2D eigenvalue weighted by Gasteiger charge is -2.11. The second-order valence-electron chi connectivity index (χ2n) is 5.33. The maximum atomic E-state index is 12.2. The first-order valence-electron chi connectivity index (χ1n) is 7.22. The summed E-state index contributed by atoms with van der Waals surface area (Å²) in [5.41, 5.74) is 0.499. The van der Waals surface area contributed by atoms with Crippen LogP contribution in [0.2, 0.25) is 0 Å². The topological polar surface area (TPSA) is 97.6 Å². The predicted molar refractivity (Wildman–Crippen MR) is 93.8 cm³/mol. The first kappa shape index (κ1) is 18.5. The van der Waals surface area contributed by atoms with E-state index in [2.05, 4.69) is 0 Å². The summed E-state index contributed by atoms with van der Waals surface area (Å²) in [6.07, 6.45) is 2.59. The third-order valence-electron chi connectivity index (χ3n) is 3.47. The van der Waals surface area contributed by atoms with Crippen LogP contribution >= 0.6 is 0 Å². The van der Waals surface area contributed by atoms with Gasteiger partial charge in [-0.1, -0.05) is 12.1 Å². The Morgan fingerprint density at radius 1 is 1.08 bits per heavy atom. The molecule has 0 aliphatic carbocycles. The summed E-state index contributed by atoms with van der Waals surface area (Å²) >= 11 is 0. The fourth-order valence-electron chi connectivity index (χ4n) is 2.06. The summed E-state index contributed by atoms with van der Waals surface area (Å²) in [5, 5.41) is 10.9. The summed E-state index contributed by atoms with van der Waals surface area (Å²) in [6, 6.07) is 11.6. The van der Waals surface area contributed by atoms with Gasteiger partial charge in [-0.3, -0.25) is 14.9 Å². The number of hydrogen-bond donors (Lipinski definition) is 0. The first-order valence-corrected chi connectivity index (χ1v) is 8.66. The van der Waals surface area contributed by atoms with Crippen molar-refractivity contribution in [3.8, 4) is 0 Å². The maximum absolute atomic E-state index is 12.2. The summed E-state index contributed by atoms with van der Waals surface area (Å²) < 4.78 is 25.1. The van der Waals surface area contributed by atoms with Crippen LogP contribution in [0.5, 0.6) is 0 Å². The molecule has 130 valence electrons. The minimum Gasteiger partial charge on any atom is -0.289 e. The van der Waals surface area contributed by atoms with Crippen molar-refractivity contribution in [1.29, 1.82) is 0 Å². The van der Waals surface area contributed by atoms with Crippen LogP contribution in [0.3, 0.4) is 0 Å². The lowest BCUT2D eigenvalue weighted by atomic mass is 10.1. The highest BCUT2D eigenvalue weighted by Gasteiger charge is 2.17. The molecular weight excluding hydrogens is 344 g/mol. The van der Waals surface area contributed by atoms with E-state index < -0.39 is 14.9 Å². The van der Waals surface area contributed by atoms with Crippen molar-refractivity contribution >= 4 is 27.6 Å². The zero-order valence-electron chi connectivity index (χ0n) is 13.6. The summed E-state index contributed by atoms with van der Waals surface area (Å²) in [4.78, 5) is 22.7. The molecule has 2 aromatic rings. The van der Waals surface area contributed by atoms with Crippen molar-refractivity contribution < 1.29 is 18.1 Å². The number of nitro groups is 1. The lowest BCUT2D eigenvalue weighted by molar-refractivity contribution is -0.385. The Morgan fingerprint density at radius 2 is 1.68 bits per heavy atom. The zero-order chi connectivity index (χ0) is 18.6. The van der Waals surface area contributed by atoms with Gasteiger partial charge < -0.3 is 0 Å². The Morgan fingerprint density at radius 3 is 2.24 bits per heavy atom. The smallest absolute Gasteiger partial charge is 0.276 e. The number of hydrogen-bond acceptors (Lipinski definition) is 5. The number of carbonyl (C=O) groups excluding carboxylic acids is 1. The van der Waals surface area contributed by atoms with E-state index in [1.165, 1.54) is 62.6 Å². The van der Waals surface area contributed by atoms with Gasteiger partial charge in [0.25, 0.3) is 5.69 Å². The highest BCUT2D eigenvalue weighted by atomic mass is 32.2. The highest BCUT2D eigenvalue weighted by molar-refractivity contribution is 7.89. The van der Waals surface area contributed by atoms with E-state index in [9.17, 15) is 23.3 Å². The number of benzene rings is 2. The van der Waals surface area contributed by atoms with Crippen LogP contribution in [0.4, 0.5) is 5.69 Å². The van der Waals surface area contributed by atoms with Crippen molar-refractivity contribution in [3.63, 3.8) is 0 Å². The molecule has 8 heteroatoms. The Bertz CT molecular complexity index is 932. The molecule has 2 aromatic carbocycles. The highest BCUT2D eigenvalue weighted by Crippen LogP contribution is 2.20. The minimum atomic E-state index is -3.56. The molecule has 0 amide bonds. The van der Waals surface area contributed by atoms with Crippen LogP contribution in [0.15, 0.2) is 59.5 Å². The predicted octanol–water partition coefficient (Wildman–Crippen LogP) is 2.74. The molecule has 0 heterocycles. The number of rotatable bonds is 6. The van der Waals surface area contributed by atoms with Crippen molar-refractivity contribution in [3.05, 3.63) is 75.8 Å². The van der Waals surface area contributed by atoms with E-state index in [0.29, 0.717) is 5.56 Å². The first-order chi connectivity index (χ1) is 11.7. The second-order valence-corrected chi connectivity index (χ2v) is 7.48. The molecule has 0 aromatic heterocycles. The van der Waals surface area contributed by atoms with Crippen LogP contribution in [0.1, 0.15) is 15.9 Å². The minimum absolute atomic E-state index is 0.0803. The molecule has 0 saturated heterocycles. The number of nitro benzene ring substituents is 1. The van der Waals surface area contributed by atoms with Crippen LogP contribution in [0, 0.1) is 10.1 Å². The molecule has 0 aliphatic heterocycles. The molecule has 0 spiro atoms. The van der Waals surface area contributed by atoms with Crippen molar-refractivity contribution in [1.82, 2.24) is 4.31 Å². The fourth-order valence-corrected chi connectivity index (χ4v) is 2.96. The second kappa shape index (κ2) is 7.37. The Kier molecular flexibility index (Phi) is 5.45. The standard InChI is InChI=1S/C17H16N2O5S/c1-18(2)25(23,24)15-10-7-14(8-11-15)17(20)12-9-13-5-3-4-6-16(13)19(21)22/h3-12H,1-2H3. The Hall–Kier alpha value is -2.84. The molecule has 0 atom stereocenters. The molecule has 0 N–H and O–H groups in total. The van der Waals surface area contributed by atoms with Gasteiger partial charge in [0.1, 0.15) is 0 Å². The van der Waals surface area contributed by atoms with Crippen molar-refractivity contribution in [2.75, 3.05) is 14.1 Å². The van der Waals surface area contributed by atoms with E-state index in [0.717, 1.165) is 4.31 Å². The van der Waals surface area contributed by atoms with E-state index in [-0.39, 0.29) is 21.9 Å². The summed E-state index contributed by atoms with van der Waals surface area (Å²) in [6.45, 7) is 0. The zero-order valence-corrected chi connectivity index (χ0v) is 14.4. The summed E-state index contributed by atoms with van der Waals surface area (Å²) in [7, 11) is -0.720. The number of para-hydroxylation sites is 1. The molecular formula is C17H16N2O5S. The van der Waals surface area contributed by atoms with Gasteiger partial charge in [-0.25, -0.2) is 12.7 Å². The third-order valence-corrected chi connectivity index (χ3v) is 5.29. The number of allylic oxidation sites excluding steroid dienone is 1. The van der Waals surface area contributed by atoms with Gasteiger partial charge in [0.2, 0.25) is 10.0 Å². The van der Waals surface area contributed by atoms with Crippen LogP contribution < -0.4 is 0 Å². The van der Waals surface area contributed by atoms with Gasteiger partial charge in [-0.05, 0) is 42.5 Å². The Labute approximate surface area is 145 Å². The number of sulfonamides is 1. The molecule has 7 nitrogen and oxygen atoms in total. The monoisotopic (exact) mass is 360 g/mol. The largest absolute Gasteiger partial charge is 0.289 e. The van der Waals surface area contributed by atoms with Gasteiger partial charge in [-0.15, -0.1) is 0 Å². The number of ketones is 1. The van der Waals surface area contributed by atoms with Crippen LogP contribution in [-0.4, -0.2) is 37.5 Å². The van der Waals surface area contributed by atoms with Crippen LogP contribution in [-0.2, 0) is 10.0 Å². The fraction of sp³-hybridized carbons (Fsp3) is 0.118. The molecule has 0 unspecified atom stereocenters. The number of carbonyl (C=O) groups is 1. The maximum Gasteiger partial charge on any atom is 0.276 e. The van der Waals surface area contributed by atoms with Gasteiger partial charge in [-0.2, -0.15) is 0 Å². The molecule has 25 heavy (non-hydrogen) atoms. The molecule has 0 saturated carbocycles. The van der Waals surface area contributed by atoms with Crippen LogP contribution in [0.25, 0.3) is 6.08 Å². The van der Waals surface area contributed by atoms with Gasteiger partial charge in [0.05, 0.1) is 15.4 Å². The van der Waals surface area contributed by atoms with Gasteiger partial charge in [0, 0.05) is 25.7 Å². The van der Waals surface area contributed by atoms with Crippen molar-refractivity contribution in [2.24, 2.45) is 0 Å². The van der Waals surface area contributed by atoms with E-state index in [1.54, 1.807) is 12.1 Å².